The van der Waals surface area contributed by atoms with E-state index >= 15 is 0 Å². The van der Waals surface area contributed by atoms with E-state index in [2.05, 4.69) is 59.6 Å². The quantitative estimate of drug-likeness (QED) is 0.323. The zero-order valence-electron chi connectivity index (χ0n) is 26.4. The Balaban J connectivity index is 1.16. The molecule has 2 N–H and O–H groups in total. The smallest absolute Gasteiger partial charge is 0.371 e. The molecule has 44 heavy (non-hydrogen) atoms. The Kier molecular flexibility index (Phi) is 9.60. The van der Waals surface area contributed by atoms with E-state index in [1.807, 2.05) is 5.32 Å². The predicted octanol–water partition coefficient (Wildman–Crippen LogP) is 6.02. The van der Waals surface area contributed by atoms with Crippen molar-refractivity contribution in [3.05, 3.63) is 37.7 Å². The summed E-state index contributed by atoms with van der Waals surface area (Å²) in [5, 5.41) is 5.09. The average molecular weight is 639 g/mol. The van der Waals surface area contributed by atoms with E-state index in [1.54, 1.807) is 6.07 Å². The van der Waals surface area contributed by atoms with Gasteiger partial charge in [-0.25, -0.2) is 4.98 Å². The third-order valence-electron chi connectivity index (χ3n) is 10.7. The van der Waals surface area contributed by atoms with Gasteiger partial charge in [0.05, 0.1) is 16.9 Å². The van der Waals surface area contributed by atoms with Crippen molar-refractivity contribution in [3.63, 3.8) is 0 Å². The first-order chi connectivity index (χ1) is 20.7. The Hall–Kier alpha value is -2.37. The maximum atomic E-state index is 12.6. The van der Waals surface area contributed by atoms with Crippen LogP contribution in [0.25, 0.3) is 0 Å². The molecular weight excluding hydrogens is 593 g/mol. The summed E-state index contributed by atoms with van der Waals surface area (Å²) in [4.78, 5) is 36.0. The van der Waals surface area contributed by atoms with Gasteiger partial charge in [0.15, 0.2) is 0 Å². The van der Waals surface area contributed by atoms with Crippen LogP contribution in [-0.2, 0) is 0 Å². The molecule has 1 aromatic heterocycles. The molecule has 1 aromatic carbocycles. The molecule has 0 bridgehead atoms. The summed E-state index contributed by atoms with van der Waals surface area (Å²) in [6.07, 6.45) is 4.59. The molecular formula is C32H46ClF3N6O2. The minimum Gasteiger partial charge on any atom is -0.371 e. The van der Waals surface area contributed by atoms with Gasteiger partial charge in [0.2, 0.25) is 0 Å². The summed E-state index contributed by atoms with van der Waals surface area (Å²) < 4.78 is 37.8. The second-order valence-corrected chi connectivity index (χ2v) is 14.3. The molecule has 2 unspecified atom stereocenters. The van der Waals surface area contributed by atoms with E-state index in [0.717, 1.165) is 38.1 Å². The maximum absolute atomic E-state index is 12.6. The number of piperazine rings is 1. The van der Waals surface area contributed by atoms with Gasteiger partial charge >= 0.3 is 6.18 Å². The monoisotopic (exact) mass is 638 g/mol. The first-order valence-electron chi connectivity index (χ1n) is 16.0. The Bertz CT molecular complexity index is 1390. The number of pyridine rings is 1. The van der Waals surface area contributed by atoms with Crippen LogP contribution >= 0.6 is 11.6 Å². The second kappa shape index (κ2) is 12.8. The normalized spacial score (nSPS) is 26.4. The van der Waals surface area contributed by atoms with E-state index in [9.17, 15) is 22.8 Å². The van der Waals surface area contributed by atoms with Crippen molar-refractivity contribution < 1.29 is 13.2 Å². The third-order valence-corrected chi connectivity index (χ3v) is 11.0. The molecule has 0 amide bonds. The van der Waals surface area contributed by atoms with E-state index in [4.69, 9.17) is 11.6 Å². The Morgan fingerprint density at radius 2 is 1.66 bits per heavy atom. The first-order valence-corrected chi connectivity index (χ1v) is 16.4. The Morgan fingerprint density at radius 3 is 2.30 bits per heavy atom. The average Bonchev–Trinajstić information content (AvgIpc) is 3.49. The molecule has 0 spiro atoms. The SMILES string of the molecule is CCC(C)(C)C1CCC(N2CCC(N3C[C@H](C)N(c4ncc(Nc5c(NCC(F)(F)F)c(=O)c5=O)cc4Cl)C[C@H]3C)CC2)C1. The van der Waals surface area contributed by atoms with Crippen molar-refractivity contribution in [1.29, 1.82) is 0 Å². The van der Waals surface area contributed by atoms with Gasteiger partial charge in [-0.05, 0) is 76.4 Å². The van der Waals surface area contributed by atoms with Gasteiger partial charge in [0.1, 0.15) is 23.7 Å². The number of alkyl halides is 3. The standard InChI is InChI=1S/C32H46ClF3N6O2/c1-6-31(4,5)21-7-8-24(13-21)40-11-9-23(10-12-40)41-16-20(3)42(17-19(41)2)30-25(33)14-22(15-37-30)39-27-26(28(43)29(27)44)38-18-32(34,35)36/h14-15,19-21,23-24,38-39H,6-13,16-18H2,1-5H3/t19-,20+,21?,24?/m1/s1. The molecule has 8 nitrogen and oxygen atoms in total. The largest absolute Gasteiger partial charge is 0.405 e. The molecule has 2 saturated heterocycles. The number of piperidine rings is 1. The molecule has 2 aromatic rings. The summed E-state index contributed by atoms with van der Waals surface area (Å²) in [6.45, 7) is 14.2. The number of halogens is 4. The lowest BCUT2D eigenvalue weighted by Crippen LogP contribution is -2.61. The van der Waals surface area contributed by atoms with Crippen LogP contribution in [0.5, 0.6) is 0 Å². The minimum absolute atomic E-state index is 0.173. The first kappa shape index (κ1) is 33.0. The fraction of sp³-hybridized carbons (Fsp3) is 0.719. The number of rotatable bonds is 9. The summed E-state index contributed by atoms with van der Waals surface area (Å²) in [5.41, 5.74) is -1.72. The van der Waals surface area contributed by atoms with Gasteiger partial charge < -0.3 is 20.4 Å². The summed E-state index contributed by atoms with van der Waals surface area (Å²) in [7, 11) is 0. The topological polar surface area (TPSA) is 80.8 Å². The highest BCUT2D eigenvalue weighted by molar-refractivity contribution is 6.33. The van der Waals surface area contributed by atoms with Crippen LogP contribution in [0, 0.1) is 11.3 Å². The number of nitrogens with zero attached hydrogens (tertiary/aromatic N) is 4. The molecule has 3 aliphatic rings. The highest BCUT2D eigenvalue weighted by Crippen LogP contribution is 2.44. The van der Waals surface area contributed by atoms with Crippen molar-refractivity contribution >= 4 is 34.5 Å². The fourth-order valence-electron chi connectivity index (χ4n) is 7.55. The van der Waals surface area contributed by atoms with Crippen molar-refractivity contribution in [1.82, 2.24) is 14.8 Å². The van der Waals surface area contributed by atoms with Crippen LogP contribution < -0.4 is 26.4 Å². The molecule has 244 valence electrons. The van der Waals surface area contributed by atoms with Gasteiger partial charge in [-0.2, -0.15) is 13.2 Å². The molecule has 12 heteroatoms. The van der Waals surface area contributed by atoms with Crippen LogP contribution in [0.15, 0.2) is 21.9 Å². The lowest BCUT2D eigenvalue weighted by molar-refractivity contribution is -0.115. The molecule has 4 atom stereocenters. The van der Waals surface area contributed by atoms with Gasteiger partial charge in [0, 0.05) is 37.3 Å². The van der Waals surface area contributed by atoms with Crippen molar-refractivity contribution in [2.75, 3.05) is 48.3 Å². The van der Waals surface area contributed by atoms with Crippen molar-refractivity contribution in [3.8, 4) is 0 Å². The predicted molar refractivity (Wildman–Crippen MR) is 171 cm³/mol. The van der Waals surface area contributed by atoms with Crippen molar-refractivity contribution in [2.24, 2.45) is 11.3 Å². The van der Waals surface area contributed by atoms with E-state index in [1.165, 1.54) is 44.7 Å². The second-order valence-electron chi connectivity index (χ2n) is 13.9. The van der Waals surface area contributed by atoms with Gasteiger partial charge in [0.25, 0.3) is 10.9 Å². The number of anilines is 4. The van der Waals surface area contributed by atoms with Crippen LogP contribution in [-0.4, -0.2) is 77.9 Å². The number of hydrogen-bond acceptors (Lipinski definition) is 8. The van der Waals surface area contributed by atoms with Gasteiger partial charge in [-0.3, -0.25) is 14.5 Å². The molecule has 2 aliphatic heterocycles. The number of aromatic nitrogens is 1. The molecule has 1 aliphatic carbocycles. The van der Waals surface area contributed by atoms with E-state index in [0.29, 0.717) is 34.0 Å². The van der Waals surface area contributed by atoms with Gasteiger partial charge in [-0.1, -0.05) is 38.8 Å². The van der Waals surface area contributed by atoms with Crippen LogP contribution in [0.2, 0.25) is 5.02 Å². The summed E-state index contributed by atoms with van der Waals surface area (Å²) in [6, 6.07) is 3.36. The maximum Gasteiger partial charge on any atom is 0.405 e. The minimum atomic E-state index is -4.52. The molecule has 3 fully saturated rings. The molecule has 1 saturated carbocycles. The third kappa shape index (κ3) is 6.89. The highest BCUT2D eigenvalue weighted by Gasteiger charge is 2.40. The molecule has 3 heterocycles. The summed E-state index contributed by atoms with van der Waals surface area (Å²) in [5.74, 6) is 1.45. The van der Waals surface area contributed by atoms with Crippen LogP contribution in [0.1, 0.15) is 73.1 Å². The van der Waals surface area contributed by atoms with Gasteiger partial charge in [-0.15, -0.1) is 0 Å². The van der Waals surface area contributed by atoms with Crippen LogP contribution in [0.4, 0.5) is 36.1 Å². The number of likely N-dealkylation sites (tertiary alicyclic amines) is 1. The zero-order valence-corrected chi connectivity index (χ0v) is 27.2. The number of nitrogens with one attached hydrogen (secondary N) is 2. The lowest BCUT2D eigenvalue weighted by atomic mass is 9.76. The zero-order chi connectivity index (χ0) is 32.0. The number of hydrogen-bond donors (Lipinski definition) is 2. The van der Waals surface area contributed by atoms with Crippen LogP contribution in [0.3, 0.4) is 0 Å². The van der Waals surface area contributed by atoms with Crippen molar-refractivity contribution in [2.45, 2.75) is 103 Å². The lowest BCUT2D eigenvalue weighted by Gasteiger charge is -2.50. The molecule has 0 radical (unpaired) electrons. The summed E-state index contributed by atoms with van der Waals surface area (Å²) >= 11 is 6.66. The Labute approximate surface area is 263 Å². The van der Waals surface area contributed by atoms with E-state index < -0.39 is 23.6 Å². The Morgan fingerprint density at radius 1 is 0.977 bits per heavy atom. The highest BCUT2D eigenvalue weighted by atomic mass is 35.5. The molecule has 5 rings (SSSR count). The fourth-order valence-corrected chi connectivity index (χ4v) is 7.83. The van der Waals surface area contributed by atoms with E-state index in [-0.39, 0.29) is 17.4 Å².